The average Bonchev–Trinajstić information content (AvgIpc) is 3.82. The van der Waals surface area contributed by atoms with Crippen LogP contribution in [-0.4, -0.2) is 59.2 Å². The third kappa shape index (κ3) is 4.32. The smallest absolute Gasteiger partial charge is 0.245 e. The molecule has 2 fully saturated rings. The maximum Gasteiger partial charge on any atom is 0.245 e. The van der Waals surface area contributed by atoms with Gasteiger partial charge in [-0.3, -0.25) is 9.36 Å². The summed E-state index contributed by atoms with van der Waals surface area (Å²) < 4.78 is 3.84. The normalized spacial score (nSPS) is 22.7. The number of nitrogens with two attached hydrogens (primary N) is 1. The van der Waals surface area contributed by atoms with Crippen LogP contribution in [0.3, 0.4) is 0 Å². The third-order valence-corrected chi connectivity index (χ3v) is 9.48. The molecule has 1 aromatic carbocycles. The molecule has 0 radical (unpaired) electrons. The van der Waals surface area contributed by atoms with Crippen LogP contribution in [0.25, 0.3) is 34.1 Å². The van der Waals surface area contributed by atoms with Crippen molar-refractivity contribution in [3.63, 3.8) is 0 Å². The number of hydrogen-bond acceptors (Lipinski definition) is 7. The largest absolute Gasteiger partial charge is 0.383 e. The Morgan fingerprint density at radius 2 is 1.88 bits per heavy atom. The van der Waals surface area contributed by atoms with Gasteiger partial charge in [0.15, 0.2) is 17.3 Å². The number of likely N-dealkylation sites (tertiary alicyclic amines) is 1. The summed E-state index contributed by atoms with van der Waals surface area (Å²) >= 11 is 0. The van der Waals surface area contributed by atoms with E-state index < -0.39 is 0 Å². The molecule has 3 aliphatic rings. The molecule has 1 aliphatic heterocycles. The van der Waals surface area contributed by atoms with E-state index in [9.17, 15) is 4.79 Å². The van der Waals surface area contributed by atoms with Crippen molar-refractivity contribution in [2.24, 2.45) is 11.8 Å². The number of nitrogens with zero attached hydrogens (tertiary/aromatic N) is 7. The molecule has 3 N–H and O–H groups in total. The van der Waals surface area contributed by atoms with Crippen LogP contribution >= 0.6 is 0 Å². The van der Waals surface area contributed by atoms with Gasteiger partial charge in [0.1, 0.15) is 11.3 Å². The van der Waals surface area contributed by atoms with E-state index in [2.05, 4.69) is 44.7 Å². The number of nitrogens with one attached hydrogen (secondary N) is 1. The van der Waals surface area contributed by atoms with E-state index in [0.29, 0.717) is 41.4 Å². The van der Waals surface area contributed by atoms with Crippen molar-refractivity contribution in [1.29, 1.82) is 0 Å². The molecule has 2 unspecified atom stereocenters. The van der Waals surface area contributed by atoms with Crippen LogP contribution in [0.4, 0.5) is 5.82 Å². The molecule has 10 heteroatoms. The van der Waals surface area contributed by atoms with Gasteiger partial charge in [-0.1, -0.05) is 12.6 Å². The van der Waals surface area contributed by atoms with Crippen LogP contribution in [0, 0.1) is 11.8 Å². The Bertz CT molecular complexity index is 1850. The number of imidazole rings is 1. The number of fused-ring (bicyclic) bond motifs is 4. The van der Waals surface area contributed by atoms with Gasteiger partial charge >= 0.3 is 0 Å². The SMILES string of the molecule is C=CC(=O)N1CC2CCC(C1)C2N[C@H]1CCc2cc(-n3c(-c4cccnc4N)nc4ccc(-n5cccn5)nc43)ccc21. The van der Waals surface area contributed by atoms with E-state index in [1.807, 2.05) is 41.4 Å². The van der Waals surface area contributed by atoms with Crippen molar-refractivity contribution in [2.45, 2.75) is 37.8 Å². The van der Waals surface area contributed by atoms with Gasteiger partial charge in [-0.25, -0.2) is 19.6 Å². The first-order valence-corrected chi connectivity index (χ1v) is 15.0. The maximum absolute atomic E-state index is 12.3. The Labute approximate surface area is 249 Å². The highest BCUT2D eigenvalue weighted by Crippen LogP contribution is 2.41. The van der Waals surface area contributed by atoms with Gasteiger partial charge in [-0.2, -0.15) is 5.10 Å². The fraction of sp³-hybridized carbons (Fsp3) is 0.303. The van der Waals surface area contributed by atoms with Crippen LogP contribution in [0.1, 0.15) is 36.4 Å². The number of benzene rings is 1. The van der Waals surface area contributed by atoms with Gasteiger partial charge in [0, 0.05) is 49.5 Å². The predicted molar refractivity (Wildman–Crippen MR) is 165 cm³/mol. The first-order valence-electron chi connectivity index (χ1n) is 15.0. The second kappa shape index (κ2) is 10.2. The summed E-state index contributed by atoms with van der Waals surface area (Å²) in [4.78, 5) is 28.6. The topological polar surface area (TPSA) is 120 Å². The lowest BCUT2D eigenvalue weighted by Crippen LogP contribution is -2.52. The van der Waals surface area contributed by atoms with Gasteiger partial charge in [-0.05, 0) is 97.2 Å². The second-order valence-electron chi connectivity index (χ2n) is 11.9. The van der Waals surface area contributed by atoms with Crippen LogP contribution in [0.15, 0.2) is 79.8 Å². The molecule has 1 amide bonds. The van der Waals surface area contributed by atoms with Gasteiger partial charge in [0.25, 0.3) is 0 Å². The fourth-order valence-corrected chi connectivity index (χ4v) is 7.46. The van der Waals surface area contributed by atoms with Crippen molar-refractivity contribution in [2.75, 3.05) is 18.8 Å². The monoisotopic (exact) mass is 571 g/mol. The first-order chi connectivity index (χ1) is 21.1. The molecule has 3 atom stereocenters. The predicted octanol–water partition coefficient (Wildman–Crippen LogP) is 4.25. The summed E-state index contributed by atoms with van der Waals surface area (Å²) in [5.74, 6) is 2.88. The summed E-state index contributed by atoms with van der Waals surface area (Å²) in [5.41, 5.74) is 12.3. The number of anilines is 1. The standard InChI is InChI=1S/C33H33N9O/c1-2-29(43)40-18-21-6-7-22(19-40)30(21)37-26-11-8-20-17-23(9-10-24(20)26)42-32(25-5-3-14-35-31(25)34)38-27-12-13-28(39-33(27)42)41-16-4-15-36-41/h2-5,9-10,12-17,21-22,26,30,37H,1,6-8,11,18-19H2,(H2,34,35)/t21?,22?,26-,30?/m0/s1. The van der Waals surface area contributed by atoms with Gasteiger partial charge in [0.05, 0.1) is 5.56 Å². The van der Waals surface area contributed by atoms with Crippen molar-refractivity contribution in [3.05, 3.63) is 90.9 Å². The number of piperidine rings is 1. The molecule has 4 aromatic heterocycles. The second-order valence-corrected chi connectivity index (χ2v) is 11.9. The molecule has 5 heterocycles. The summed E-state index contributed by atoms with van der Waals surface area (Å²) in [7, 11) is 0. The number of carbonyl (C=O) groups excluding carboxylic acids is 1. The summed E-state index contributed by atoms with van der Waals surface area (Å²) in [5, 5.41) is 8.41. The Balaban J connectivity index is 1.15. The summed E-state index contributed by atoms with van der Waals surface area (Å²) in [6.07, 6.45) is 11.1. The zero-order valence-corrected chi connectivity index (χ0v) is 23.8. The summed E-state index contributed by atoms with van der Waals surface area (Å²) in [6.45, 7) is 5.33. The van der Waals surface area contributed by atoms with Crippen molar-refractivity contribution >= 4 is 22.9 Å². The molecule has 1 saturated heterocycles. The fourth-order valence-electron chi connectivity index (χ4n) is 7.46. The van der Waals surface area contributed by atoms with Gasteiger partial charge in [0.2, 0.25) is 5.91 Å². The Morgan fingerprint density at radius 3 is 2.65 bits per heavy atom. The van der Waals surface area contributed by atoms with Crippen LogP contribution in [0.2, 0.25) is 0 Å². The lowest BCUT2D eigenvalue weighted by atomic mass is 9.90. The van der Waals surface area contributed by atoms with E-state index >= 15 is 0 Å². The minimum atomic E-state index is 0.0553. The molecule has 8 rings (SSSR count). The molecule has 0 spiro atoms. The highest BCUT2D eigenvalue weighted by atomic mass is 16.2. The minimum absolute atomic E-state index is 0.0553. The molecule has 1 saturated carbocycles. The van der Waals surface area contributed by atoms with Crippen molar-refractivity contribution in [3.8, 4) is 22.9 Å². The van der Waals surface area contributed by atoms with Gasteiger partial charge < -0.3 is 16.0 Å². The molecule has 43 heavy (non-hydrogen) atoms. The zero-order chi connectivity index (χ0) is 29.1. The summed E-state index contributed by atoms with van der Waals surface area (Å²) in [6, 6.07) is 17.0. The number of rotatable bonds is 6. The Kier molecular flexibility index (Phi) is 6.11. The number of hydrogen-bond donors (Lipinski definition) is 2. The quantitative estimate of drug-likeness (QED) is 0.293. The Morgan fingerprint density at radius 1 is 1.02 bits per heavy atom. The number of pyridine rings is 2. The van der Waals surface area contributed by atoms with E-state index in [1.54, 1.807) is 17.1 Å². The number of amides is 1. The minimum Gasteiger partial charge on any atom is -0.383 e. The first kappa shape index (κ1) is 25.8. The van der Waals surface area contributed by atoms with Crippen LogP contribution < -0.4 is 11.1 Å². The third-order valence-electron chi connectivity index (χ3n) is 9.48. The molecule has 5 aromatic rings. The molecular weight excluding hydrogens is 538 g/mol. The lowest BCUT2D eigenvalue weighted by Gasteiger charge is -2.39. The number of carbonyl (C=O) groups is 1. The zero-order valence-electron chi connectivity index (χ0n) is 23.8. The van der Waals surface area contributed by atoms with E-state index in [-0.39, 0.29) is 5.91 Å². The number of aryl methyl sites for hydroxylation is 1. The van der Waals surface area contributed by atoms with E-state index in [1.165, 1.54) is 30.0 Å². The van der Waals surface area contributed by atoms with E-state index in [4.69, 9.17) is 15.7 Å². The molecule has 2 bridgehead atoms. The highest BCUT2D eigenvalue weighted by molar-refractivity contribution is 5.87. The van der Waals surface area contributed by atoms with Crippen molar-refractivity contribution in [1.82, 2.24) is 39.5 Å². The van der Waals surface area contributed by atoms with E-state index in [0.717, 1.165) is 48.3 Å². The molecule has 2 aliphatic carbocycles. The molecule has 10 nitrogen and oxygen atoms in total. The maximum atomic E-state index is 12.3. The number of nitrogen functional groups attached to an aromatic ring is 1. The van der Waals surface area contributed by atoms with Crippen molar-refractivity contribution < 1.29 is 4.79 Å². The molecular formula is C33H33N9O. The number of aromatic nitrogens is 6. The Hall–Kier alpha value is -4.83. The van der Waals surface area contributed by atoms with Crippen LogP contribution in [0.5, 0.6) is 0 Å². The van der Waals surface area contributed by atoms with Crippen LogP contribution in [-0.2, 0) is 11.2 Å². The van der Waals surface area contributed by atoms with Gasteiger partial charge in [-0.15, -0.1) is 0 Å². The highest BCUT2D eigenvalue weighted by Gasteiger charge is 2.44. The average molecular weight is 572 g/mol. The molecule has 216 valence electrons. The lowest BCUT2D eigenvalue weighted by molar-refractivity contribution is -0.128.